The zero-order valence-corrected chi connectivity index (χ0v) is 8.84. The van der Waals surface area contributed by atoms with Gasteiger partial charge in [0.2, 0.25) is 0 Å². The number of aromatic nitrogens is 1. The molecule has 0 saturated heterocycles. The van der Waals surface area contributed by atoms with Crippen molar-refractivity contribution in [2.24, 2.45) is 17.9 Å². The Morgan fingerprint density at radius 3 is 3.00 bits per heavy atom. The van der Waals surface area contributed by atoms with E-state index in [1.807, 2.05) is 42.1 Å². The molecular weight excluding hydrogens is 204 g/mol. The second-order valence-corrected chi connectivity index (χ2v) is 3.45. The number of para-hydroxylation sites is 1. The average Bonchev–Trinajstić information content (AvgIpc) is 2.57. The van der Waals surface area contributed by atoms with Crippen LogP contribution in [0, 0.1) is 0 Å². The van der Waals surface area contributed by atoms with Crippen molar-refractivity contribution in [2.75, 3.05) is 0 Å². The predicted molar refractivity (Wildman–Crippen MR) is 63.2 cm³/mol. The lowest BCUT2D eigenvalue weighted by atomic mass is 10.2. The first-order valence-electron chi connectivity index (χ1n) is 4.81. The van der Waals surface area contributed by atoms with Crippen LogP contribution < -0.4 is 11.2 Å². The van der Waals surface area contributed by atoms with Crippen LogP contribution in [0.2, 0.25) is 0 Å². The van der Waals surface area contributed by atoms with Crippen LogP contribution in [-0.2, 0) is 7.05 Å². The summed E-state index contributed by atoms with van der Waals surface area (Å²) < 4.78 is 2.00. The highest BCUT2D eigenvalue weighted by molar-refractivity contribution is 5.99. The molecule has 5 nitrogen and oxygen atoms in total. The van der Waals surface area contributed by atoms with E-state index in [0.717, 1.165) is 16.5 Å². The fraction of sp³-hybridized carbons (Fsp3) is 0.0909. The third kappa shape index (κ3) is 1.88. The summed E-state index contributed by atoms with van der Waals surface area (Å²) in [5.41, 5.74) is 9.12. The van der Waals surface area contributed by atoms with Crippen molar-refractivity contribution in [3.8, 4) is 0 Å². The largest absolute Gasteiger partial charge is 0.350 e. The topological polar surface area (TPSA) is 72.4 Å². The Hall–Kier alpha value is -2.30. The molecule has 3 N–H and O–H groups in total. The number of nitrogens with two attached hydrogens (primary N) is 1. The number of carbonyl (C=O) groups excluding carboxylic acids is 1. The highest BCUT2D eigenvalue weighted by Crippen LogP contribution is 2.18. The monoisotopic (exact) mass is 216 g/mol. The van der Waals surface area contributed by atoms with Crippen molar-refractivity contribution in [1.29, 1.82) is 0 Å². The minimum Gasteiger partial charge on any atom is -0.350 e. The normalized spacial score (nSPS) is 11.1. The van der Waals surface area contributed by atoms with Crippen LogP contribution in [0.5, 0.6) is 0 Å². The van der Waals surface area contributed by atoms with Crippen molar-refractivity contribution >= 4 is 23.1 Å². The number of hydrogen-bond donors (Lipinski definition) is 2. The predicted octanol–water partition coefficient (Wildman–Crippen LogP) is 1.18. The summed E-state index contributed by atoms with van der Waals surface area (Å²) in [6, 6.07) is 7.29. The average molecular weight is 216 g/mol. The van der Waals surface area contributed by atoms with Gasteiger partial charge in [-0.2, -0.15) is 5.10 Å². The van der Waals surface area contributed by atoms with Gasteiger partial charge in [0.25, 0.3) is 0 Å². The molecule has 0 bridgehead atoms. The second kappa shape index (κ2) is 4.06. The molecule has 1 aromatic heterocycles. The van der Waals surface area contributed by atoms with Crippen molar-refractivity contribution in [2.45, 2.75) is 0 Å². The Morgan fingerprint density at radius 2 is 2.25 bits per heavy atom. The molecule has 0 unspecified atom stereocenters. The maximum absolute atomic E-state index is 10.5. The smallest absolute Gasteiger partial charge is 0.332 e. The molecule has 0 aliphatic heterocycles. The van der Waals surface area contributed by atoms with Crippen LogP contribution in [0.1, 0.15) is 5.56 Å². The number of rotatable bonds is 2. The Labute approximate surface area is 92.5 Å². The molecule has 5 heteroatoms. The molecule has 0 radical (unpaired) electrons. The van der Waals surface area contributed by atoms with Crippen molar-refractivity contribution in [3.05, 3.63) is 36.0 Å². The number of aryl methyl sites for hydroxylation is 1. The number of carbonyl (C=O) groups is 1. The molecule has 0 atom stereocenters. The maximum Gasteiger partial charge on any atom is 0.332 e. The number of primary amides is 1. The molecule has 1 heterocycles. The van der Waals surface area contributed by atoms with Gasteiger partial charge in [-0.25, -0.2) is 10.2 Å². The summed E-state index contributed by atoms with van der Waals surface area (Å²) in [7, 11) is 1.96. The first kappa shape index (κ1) is 10.2. The van der Waals surface area contributed by atoms with Gasteiger partial charge < -0.3 is 10.3 Å². The standard InChI is InChI=1S/C11H12N4O/c1-15-7-8(6-13-14-11(12)16)9-4-2-3-5-10(9)15/h2-7H,1H3,(H3,12,14,16)/b13-6-. The van der Waals surface area contributed by atoms with Gasteiger partial charge in [0.1, 0.15) is 0 Å². The first-order chi connectivity index (χ1) is 7.68. The zero-order valence-electron chi connectivity index (χ0n) is 8.84. The van der Waals surface area contributed by atoms with Gasteiger partial charge in [-0.05, 0) is 6.07 Å². The Bertz CT molecular complexity index is 556. The van der Waals surface area contributed by atoms with Gasteiger partial charge in [-0.1, -0.05) is 18.2 Å². The maximum atomic E-state index is 10.5. The van der Waals surface area contributed by atoms with E-state index in [2.05, 4.69) is 10.5 Å². The number of benzene rings is 1. The zero-order chi connectivity index (χ0) is 11.5. The van der Waals surface area contributed by atoms with Crippen LogP contribution in [0.25, 0.3) is 10.9 Å². The van der Waals surface area contributed by atoms with Crippen LogP contribution in [0.15, 0.2) is 35.6 Å². The molecule has 0 spiro atoms. The van der Waals surface area contributed by atoms with E-state index >= 15 is 0 Å². The number of hydrogen-bond acceptors (Lipinski definition) is 2. The van der Waals surface area contributed by atoms with Crippen molar-refractivity contribution in [1.82, 2.24) is 9.99 Å². The van der Waals surface area contributed by atoms with Crippen LogP contribution in [-0.4, -0.2) is 16.8 Å². The molecule has 2 rings (SSSR count). The van der Waals surface area contributed by atoms with Crippen LogP contribution in [0.3, 0.4) is 0 Å². The number of nitrogens with zero attached hydrogens (tertiary/aromatic N) is 2. The summed E-state index contributed by atoms with van der Waals surface area (Å²) >= 11 is 0. The highest BCUT2D eigenvalue weighted by atomic mass is 16.2. The molecule has 0 aliphatic carbocycles. The Balaban J connectivity index is 2.38. The number of fused-ring (bicyclic) bond motifs is 1. The molecular formula is C11H12N4O. The van der Waals surface area contributed by atoms with E-state index in [0.29, 0.717) is 0 Å². The van der Waals surface area contributed by atoms with Gasteiger partial charge in [-0.3, -0.25) is 0 Å². The number of nitrogens with one attached hydrogen (secondary N) is 1. The lowest BCUT2D eigenvalue weighted by Crippen LogP contribution is -2.24. The third-order valence-electron chi connectivity index (χ3n) is 2.31. The fourth-order valence-electron chi connectivity index (χ4n) is 1.64. The lowest BCUT2D eigenvalue weighted by molar-refractivity contribution is 0.249. The lowest BCUT2D eigenvalue weighted by Gasteiger charge is -1.93. The highest BCUT2D eigenvalue weighted by Gasteiger charge is 2.02. The summed E-state index contributed by atoms with van der Waals surface area (Å²) in [4.78, 5) is 10.5. The molecule has 82 valence electrons. The quantitative estimate of drug-likeness (QED) is 0.574. The van der Waals surface area contributed by atoms with E-state index in [4.69, 9.17) is 5.73 Å². The van der Waals surface area contributed by atoms with Crippen LogP contribution in [0.4, 0.5) is 4.79 Å². The first-order valence-corrected chi connectivity index (χ1v) is 4.81. The van der Waals surface area contributed by atoms with E-state index in [1.54, 1.807) is 6.21 Å². The third-order valence-corrected chi connectivity index (χ3v) is 2.31. The van der Waals surface area contributed by atoms with Crippen molar-refractivity contribution in [3.63, 3.8) is 0 Å². The fourth-order valence-corrected chi connectivity index (χ4v) is 1.64. The van der Waals surface area contributed by atoms with Crippen molar-refractivity contribution < 1.29 is 4.79 Å². The second-order valence-electron chi connectivity index (χ2n) is 3.45. The van der Waals surface area contributed by atoms with Crippen LogP contribution >= 0.6 is 0 Å². The molecule has 0 saturated carbocycles. The van der Waals surface area contributed by atoms with Gasteiger partial charge >= 0.3 is 6.03 Å². The summed E-state index contributed by atoms with van der Waals surface area (Å²) in [6.07, 6.45) is 3.52. The molecule has 0 aliphatic rings. The molecule has 0 fully saturated rings. The Kier molecular flexibility index (Phi) is 2.59. The van der Waals surface area contributed by atoms with E-state index in [9.17, 15) is 4.79 Å². The summed E-state index contributed by atoms with van der Waals surface area (Å²) in [5.74, 6) is 0. The van der Waals surface area contributed by atoms with E-state index in [1.165, 1.54) is 0 Å². The molecule has 1 aromatic carbocycles. The summed E-state index contributed by atoms with van der Waals surface area (Å²) in [6.45, 7) is 0. The van der Waals surface area contributed by atoms with Gasteiger partial charge in [0.05, 0.1) is 6.21 Å². The molecule has 2 aromatic rings. The SMILES string of the molecule is Cn1cc(/C=N\NC(N)=O)c2ccccc21. The Morgan fingerprint density at radius 1 is 1.50 bits per heavy atom. The number of amides is 2. The van der Waals surface area contributed by atoms with Gasteiger partial charge in [0, 0.05) is 29.7 Å². The minimum absolute atomic E-state index is 0.670. The number of hydrazone groups is 1. The molecule has 2 amide bonds. The minimum atomic E-state index is -0.670. The summed E-state index contributed by atoms with van der Waals surface area (Å²) in [5, 5.41) is 4.83. The molecule has 16 heavy (non-hydrogen) atoms. The van der Waals surface area contributed by atoms with E-state index < -0.39 is 6.03 Å². The number of urea groups is 1. The van der Waals surface area contributed by atoms with E-state index in [-0.39, 0.29) is 0 Å². The van der Waals surface area contributed by atoms with Gasteiger partial charge in [0.15, 0.2) is 0 Å². The van der Waals surface area contributed by atoms with Gasteiger partial charge in [-0.15, -0.1) is 0 Å².